The van der Waals surface area contributed by atoms with Gasteiger partial charge in [-0.05, 0) is 20.3 Å². The van der Waals surface area contributed by atoms with Gasteiger partial charge in [0.05, 0.1) is 13.1 Å². The minimum absolute atomic E-state index is 0.00144. The van der Waals surface area contributed by atoms with E-state index in [9.17, 15) is 4.79 Å². The first-order chi connectivity index (χ1) is 8.13. The summed E-state index contributed by atoms with van der Waals surface area (Å²) >= 11 is 0. The van der Waals surface area contributed by atoms with Gasteiger partial charge in [-0.2, -0.15) is 5.10 Å². The van der Waals surface area contributed by atoms with E-state index in [0.29, 0.717) is 13.1 Å². The number of nitrogens with zero attached hydrogens (tertiary/aromatic N) is 3. The molecule has 1 amide bonds. The molecule has 0 aliphatic rings. The summed E-state index contributed by atoms with van der Waals surface area (Å²) in [4.78, 5) is 15.5. The fourth-order valence-electron chi connectivity index (χ4n) is 1.48. The van der Waals surface area contributed by atoms with Gasteiger partial charge in [-0.3, -0.25) is 4.79 Å². The molecule has 0 unspecified atom stereocenters. The average Bonchev–Trinajstić information content (AvgIpc) is 2.65. The summed E-state index contributed by atoms with van der Waals surface area (Å²) < 4.78 is 1.85. The minimum Gasteiger partial charge on any atom is -0.353 e. The standard InChI is InChI=1S/C11H21N5O/c1-4-5-16-10(13-8-14-16)6-12-7-11(17)15-9(2)3/h8-9,12H,4-7H2,1-3H3,(H,15,17). The van der Waals surface area contributed by atoms with E-state index in [2.05, 4.69) is 27.6 Å². The first-order valence-electron chi connectivity index (χ1n) is 6.00. The van der Waals surface area contributed by atoms with Crippen LogP contribution in [0, 0.1) is 0 Å². The Morgan fingerprint density at radius 3 is 2.94 bits per heavy atom. The lowest BCUT2D eigenvalue weighted by atomic mass is 10.4. The van der Waals surface area contributed by atoms with E-state index in [-0.39, 0.29) is 11.9 Å². The summed E-state index contributed by atoms with van der Waals surface area (Å²) in [5.41, 5.74) is 0. The lowest BCUT2D eigenvalue weighted by Crippen LogP contribution is -2.37. The molecule has 6 heteroatoms. The quantitative estimate of drug-likeness (QED) is 0.718. The van der Waals surface area contributed by atoms with E-state index < -0.39 is 0 Å². The number of aromatic nitrogens is 3. The third-order valence-electron chi connectivity index (χ3n) is 2.15. The molecular weight excluding hydrogens is 218 g/mol. The van der Waals surface area contributed by atoms with Gasteiger partial charge in [-0.1, -0.05) is 6.92 Å². The first kappa shape index (κ1) is 13.6. The van der Waals surface area contributed by atoms with Crippen molar-refractivity contribution in [1.82, 2.24) is 25.4 Å². The van der Waals surface area contributed by atoms with Gasteiger partial charge in [-0.25, -0.2) is 9.67 Å². The summed E-state index contributed by atoms with van der Waals surface area (Å²) in [7, 11) is 0. The fourth-order valence-corrected chi connectivity index (χ4v) is 1.48. The van der Waals surface area contributed by atoms with Crippen LogP contribution in [0.1, 0.15) is 33.0 Å². The number of carbonyl (C=O) groups is 1. The van der Waals surface area contributed by atoms with Crippen molar-refractivity contribution < 1.29 is 4.79 Å². The van der Waals surface area contributed by atoms with Crippen molar-refractivity contribution in [2.24, 2.45) is 0 Å². The van der Waals surface area contributed by atoms with Gasteiger partial charge >= 0.3 is 0 Å². The molecule has 0 spiro atoms. The number of hydrogen-bond donors (Lipinski definition) is 2. The second-order valence-electron chi connectivity index (χ2n) is 4.23. The Hall–Kier alpha value is -1.43. The lowest BCUT2D eigenvalue weighted by Gasteiger charge is -2.09. The molecule has 0 radical (unpaired) electrons. The molecular formula is C11H21N5O. The third kappa shape index (κ3) is 4.95. The Balaban J connectivity index is 2.30. The Kier molecular flexibility index (Phi) is 5.62. The Bertz CT molecular complexity index is 347. The highest BCUT2D eigenvalue weighted by Crippen LogP contribution is 1.95. The highest BCUT2D eigenvalue weighted by Gasteiger charge is 2.05. The van der Waals surface area contributed by atoms with Crippen LogP contribution in [-0.4, -0.2) is 33.3 Å². The van der Waals surface area contributed by atoms with Crippen molar-refractivity contribution in [2.75, 3.05) is 6.54 Å². The molecule has 2 N–H and O–H groups in total. The van der Waals surface area contributed by atoms with E-state index in [1.54, 1.807) is 6.33 Å². The van der Waals surface area contributed by atoms with E-state index >= 15 is 0 Å². The van der Waals surface area contributed by atoms with Crippen molar-refractivity contribution in [3.63, 3.8) is 0 Å². The summed E-state index contributed by atoms with van der Waals surface area (Å²) in [6, 6.07) is 0.174. The molecule has 0 atom stereocenters. The van der Waals surface area contributed by atoms with Crippen molar-refractivity contribution >= 4 is 5.91 Å². The van der Waals surface area contributed by atoms with Gasteiger partial charge in [-0.15, -0.1) is 0 Å². The molecule has 1 aromatic rings. The van der Waals surface area contributed by atoms with Crippen LogP contribution in [0.5, 0.6) is 0 Å². The molecule has 1 rings (SSSR count). The van der Waals surface area contributed by atoms with Gasteiger partial charge in [0, 0.05) is 12.6 Å². The largest absolute Gasteiger partial charge is 0.353 e. The third-order valence-corrected chi connectivity index (χ3v) is 2.15. The topological polar surface area (TPSA) is 71.8 Å². The second-order valence-corrected chi connectivity index (χ2v) is 4.23. The van der Waals surface area contributed by atoms with Crippen LogP contribution in [0.15, 0.2) is 6.33 Å². The fraction of sp³-hybridized carbons (Fsp3) is 0.727. The molecule has 0 bridgehead atoms. The van der Waals surface area contributed by atoms with Crippen LogP contribution >= 0.6 is 0 Å². The summed E-state index contributed by atoms with van der Waals surface area (Å²) in [5, 5.41) is 9.99. The van der Waals surface area contributed by atoms with Crippen molar-refractivity contribution in [3.8, 4) is 0 Å². The van der Waals surface area contributed by atoms with Crippen molar-refractivity contribution in [1.29, 1.82) is 0 Å². The number of amides is 1. The zero-order chi connectivity index (χ0) is 12.7. The van der Waals surface area contributed by atoms with Crippen LogP contribution in [0.2, 0.25) is 0 Å². The van der Waals surface area contributed by atoms with E-state index in [0.717, 1.165) is 18.8 Å². The van der Waals surface area contributed by atoms with Gasteiger partial charge in [0.15, 0.2) is 0 Å². The number of carbonyl (C=O) groups excluding carboxylic acids is 1. The zero-order valence-electron chi connectivity index (χ0n) is 10.7. The monoisotopic (exact) mass is 239 g/mol. The lowest BCUT2D eigenvalue weighted by molar-refractivity contribution is -0.120. The molecule has 96 valence electrons. The van der Waals surface area contributed by atoms with Gasteiger partial charge < -0.3 is 10.6 Å². The normalized spacial score (nSPS) is 10.8. The first-order valence-corrected chi connectivity index (χ1v) is 6.00. The summed E-state index contributed by atoms with van der Waals surface area (Å²) in [6.45, 7) is 7.69. The van der Waals surface area contributed by atoms with E-state index in [1.807, 2.05) is 18.5 Å². The van der Waals surface area contributed by atoms with Gasteiger partial charge in [0.1, 0.15) is 12.2 Å². The molecule has 1 aromatic heterocycles. The molecule has 0 aliphatic carbocycles. The maximum absolute atomic E-state index is 11.4. The van der Waals surface area contributed by atoms with Gasteiger partial charge in [0.2, 0.25) is 5.91 Å². The molecule has 6 nitrogen and oxygen atoms in total. The predicted molar refractivity (Wildman–Crippen MR) is 65.3 cm³/mol. The summed E-state index contributed by atoms with van der Waals surface area (Å²) in [5.74, 6) is 0.866. The Morgan fingerprint density at radius 1 is 1.53 bits per heavy atom. The van der Waals surface area contributed by atoms with E-state index in [4.69, 9.17) is 0 Å². The Morgan fingerprint density at radius 2 is 2.29 bits per heavy atom. The zero-order valence-corrected chi connectivity index (χ0v) is 10.7. The highest BCUT2D eigenvalue weighted by atomic mass is 16.1. The van der Waals surface area contributed by atoms with Crippen LogP contribution < -0.4 is 10.6 Å². The molecule has 0 saturated carbocycles. The van der Waals surface area contributed by atoms with Crippen molar-refractivity contribution in [2.45, 2.75) is 46.3 Å². The molecule has 1 heterocycles. The maximum atomic E-state index is 11.4. The predicted octanol–water partition coefficient (Wildman–Crippen LogP) is 0.302. The number of nitrogens with one attached hydrogen (secondary N) is 2. The maximum Gasteiger partial charge on any atom is 0.234 e. The molecule has 17 heavy (non-hydrogen) atoms. The minimum atomic E-state index is 0.00144. The average molecular weight is 239 g/mol. The summed E-state index contributed by atoms with van der Waals surface area (Å²) in [6.07, 6.45) is 2.56. The molecule has 0 saturated heterocycles. The van der Waals surface area contributed by atoms with Crippen LogP contribution in [0.25, 0.3) is 0 Å². The van der Waals surface area contributed by atoms with Crippen LogP contribution in [0.4, 0.5) is 0 Å². The smallest absolute Gasteiger partial charge is 0.234 e. The van der Waals surface area contributed by atoms with Crippen LogP contribution in [-0.2, 0) is 17.9 Å². The van der Waals surface area contributed by atoms with E-state index in [1.165, 1.54) is 0 Å². The molecule has 0 aromatic carbocycles. The van der Waals surface area contributed by atoms with Gasteiger partial charge in [0.25, 0.3) is 0 Å². The van der Waals surface area contributed by atoms with Crippen molar-refractivity contribution in [3.05, 3.63) is 12.2 Å². The Labute approximate surface area is 102 Å². The number of aryl methyl sites for hydroxylation is 1. The molecule has 0 fully saturated rings. The van der Waals surface area contributed by atoms with Crippen LogP contribution in [0.3, 0.4) is 0 Å². The number of hydrogen-bond acceptors (Lipinski definition) is 4. The number of rotatable bonds is 7. The highest BCUT2D eigenvalue weighted by molar-refractivity contribution is 5.78. The second kappa shape index (κ2) is 7.01. The molecule has 0 aliphatic heterocycles. The SMILES string of the molecule is CCCn1ncnc1CNCC(=O)NC(C)C.